The first-order valence-corrected chi connectivity index (χ1v) is 12.4. The van der Waals surface area contributed by atoms with Crippen LogP contribution in [0.1, 0.15) is 110 Å². The molecule has 1 aliphatic heterocycles. The summed E-state index contributed by atoms with van der Waals surface area (Å²) in [6.45, 7) is 3.99. The third kappa shape index (κ3) is 15.5. The standard InChI is InChI=1S/C24H46N2O3.Na.H2O/c1-2-3-4-5-6-7-8-9-10-11-12-13-14-15-16-17-23-25-18-19-26(23,20-21-27)22-24(28)29;;/h27H,2-22H2,1H3;;1H2/q;+1;/p-1. The number of rotatable bonds is 20. The van der Waals surface area contributed by atoms with Crippen LogP contribution in [-0.4, -0.2) is 59.7 Å². The average Bonchev–Trinajstić information content (AvgIpc) is 3.06. The van der Waals surface area contributed by atoms with Crippen LogP contribution in [0.5, 0.6) is 0 Å². The third-order valence-electron chi connectivity index (χ3n) is 6.33. The number of hydrogen-bond donors (Lipinski definition) is 1. The fourth-order valence-electron chi connectivity index (χ4n) is 4.55. The molecule has 1 rings (SSSR count). The van der Waals surface area contributed by atoms with Gasteiger partial charge in [-0.1, -0.05) is 96.8 Å². The van der Waals surface area contributed by atoms with Gasteiger partial charge in [0.05, 0.1) is 19.1 Å². The smallest absolute Gasteiger partial charge is 0.870 e. The number of carbonyl (C=O) groups excluding carboxylic acids is 1. The number of carbonyl (C=O) groups is 1. The maximum atomic E-state index is 11.1. The van der Waals surface area contributed by atoms with Gasteiger partial charge in [0.2, 0.25) is 0 Å². The molecule has 0 aliphatic carbocycles. The second kappa shape index (κ2) is 21.8. The first-order chi connectivity index (χ1) is 14.1. The van der Waals surface area contributed by atoms with Crippen molar-refractivity contribution in [1.29, 1.82) is 0 Å². The van der Waals surface area contributed by atoms with Crippen LogP contribution in [0.25, 0.3) is 0 Å². The summed E-state index contributed by atoms with van der Waals surface area (Å²) in [4.78, 5) is 15.7. The molecular weight excluding hydrogens is 403 g/mol. The number of unbranched alkanes of at least 4 members (excludes halogenated alkanes) is 14. The number of aliphatic hydroxyl groups is 1. The van der Waals surface area contributed by atoms with E-state index in [1.54, 1.807) is 0 Å². The van der Waals surface area contributed by atoms with Gasteiger partial charge in [-0.3, -0.25) is 4.48 Å². The molecule has 7 heteroatoms. The third-order valence-corrected chi connectivity index (χ3v) is 6.33. The normalized spacial score (nSPS) is 17.7. The minimum atomic E-state index is -1.05. The number of hydrogen-bond acceptors (Lipinski definition) is 5. The van der Waals surface area contributed by atoms with Gasteiger partial charge in [-0.15, -0.1) is 0 Å². The number of amidine groups is 1. The predicted molar refractivity (Wildman–Crippen MR) is 121 cm³/mol. The van der Waals surface area contributed by atoms with Gasteiger partial charge in [0.25, 0.3) is 0 Å². The Morgan fingerprint density at radius 1 is 0.903 bits per heavy atom. The van der Waals surface area contributed by atoms with Crippen molar-refractivity contribution in [2.45, 2.75) is 110 Å². The first kappa shape index (κ1) is 33.2. The summed E-state index contributed by atoms with van der Waals surface area (Å²) < 4.78 is 0.303. The van der Waals surface area contributed by atoms with Gasteiger partial charge < -0.3 is 20.5 Å². The van der Waals surface area contributed by atoms with Crippen LogP contribution in [0.2, 0.25) is 0 Å². The second-order valence-corrected chi connectivity index (χ2v) is 8.84. The summed E-state index contributed by atoms with van der Waals surface area (Å²) in [6.07, 6.45) is 21.0. The van der Waals surface area contributed by atoms with E-state index in [2.05, 4.69) is 11.9 Å². The van der Waals surface area contributed by atoms with Crippen molar-refractivity contribution in [3.8, 4) is 0 Å². The number of quaternary nitrogens is 1. The topological polar surface area (TPSA) is 103 Å². The molecule has 0 bridgehead atoms. The van der Waals surface area contributed by atoms with Crippen molar-refractivity contribution >= 4 is 11.8 Å². The first-order valence-electron chi connectivity index (χ1n) is 12.4. The minimum Gasteiger partial charge on any atom is -0.870 e. The summed E-state index contributed by atoms with van der Waals surface area (Å²) in [5.74, 6) is -0.0949. The second-order valence-electron chi connectivity index (χ2n) is 8.84. The monoisotopic (exact) mass is 450 g/mol. The Morgan fingerprint density at radius 2 is 1.35 bits per heavy atom. The number of aliphatic imine (C=N–C) groups is 1. The molecule has 1 heterocycles. The van der Waals surface area contributed by atoms with Crippen molar-refractivity contribution in [3.63, 3.8) is 0 Å². The van der Waals surface area contributed by atoms with Gasteiger partial charge in [-0.05, 0) is 6.42 Å². The Morgan fingerprint density at radius 3 is 1.77 bits per heavy atom. The van der Waals surface area contributed by atoms with Crippen LogP contribution in [-0.2, 0) is 4.79 Å². The van der Waals surface area contributed by atoms with Crippen LogP contribution in [0.15, 0.2) is 4.99 Å². The molecule has 0 saturated heterocycles. The van der Waals surface area contributed by atoms with Crippen LogP contribution in [0.3, 0.4) is 0 Å². The Bertz CT molecular complexity index is 463. The molecule has 0 radical (unpaired) electrons. The number of aliphatic hydroxyl groups excluding tert-OH is 1. The number of aliphatic carboxylic acids is 1. The zero-order chi connectivity index (χ0) is 21.2. The van der Waals surface area contributed by atoms with E-state index in [9.17, 15) is 15.0 Å². The molecule has 0 amide bonds. The van der Waals surface area contributed by atoms with E-state index in [1.165, 1.54) is 89.9 Å². The van der Waals surface area contributed by atoms with Gasteiger partial charge >= 0.3 is 29.6 Å². The molecule has 0 aromatic rings. The molecule has 0 aromatic heterocycles. The Kier molecular flexibility index (Phi) is 23.4. The molecule has 178 valence electrons. The van der Waals surface area contributed by atoms with E-state index in [-0.39, 0.29) is 48.2 Å². The molecule has 31 heavy (non-hydrogen) atoms. The number of nitrogens with zero attached hydrogens (tertiary/aromatic N) is 2. The van der Waals surface area contributed by atoms with Crippen LogP contribution < -0.4 is 34.7 Å². The Balaban J connectivity index is 0. The van der Waals surface area contributed by atoms with Gasteiger partial charge in [0, 0.05) is 6.42 Å². The Hall–Kier alpha value is 0.0200. The van der Waals surface area contributed by atoms with Gasteiger partial charge in [0.15, 0.2) is 5.84 Å². The zero-order valence-corrected chi connectivity index (χ0v) is 22.5. The van der Waals surface area contributed by atoms with Crippen molar-refractivity contribution in [3.05, 3.63) is 0 Å². The molecule has 0 spiro atoms. The van der Waals surface area contributed by atoms with E-state index in [1.807, 2.05) is 0 Å². The fourth-order valence-corrected chi connectivity index (χ4v) is 4.55. The van der Waals surface area contributed by atoms with Gasteiger partial charge in [0.1, 0.15) is 19.6 Å². The van der Waals surface area contributed by atoms with E-state index in [0.717, 1.165) is 18.7 Å². The molecule has 0 aromatic carbocycles. The minimum absolute atomic E-state index is 0. The van der Waals surface area contributed by atoms with Gasteiger partial charge in [-0.25, -0.2) is 4.99 Å². The number of carboxylic acid groups (broad SMARTS) is 1. The van der Waals surface area contributed by atoms with Crippen molar-refractivity contribution in [1.82, 2.24) is 0 Å². The quantitative estimate of drug-likeness (QED) is 0.170. The summed E-state index contributed by atoms with van der Waals surface area (Å²) in [7, 11) is 0. The molecule has 6 nitrogen and oxygen atoms in total. The van der Waals surface area contributed by atoms with Gasteiger partial charge in [-0.2, -0.15) is 0 Å². The van der Waals surface area contributed by atoms with E-state index in [4.69, 9.17) is 0 Å². The molecule has 0 fully saturated rings. The van der Waals surface area contributed by atoms with Crippen LogP contribution in [0, 0.1) is 0 Å². The summed E-state index contributed by atoms with van der Waals surface area (Å²) in [5, 5.41) is 20.5. The average molecular weight is 451 g/mol. The maximum Gasteiger partial charge on any atom is 1.00 e. The summed E-state index contributed by atoms with van der Waals surface area (Å²) >= 11 is 0. The van der Waals surface area contributed by atoms with Crippen molar-refractivity contribution in [2.24, 2.45) is 4.99 Å². The van der Waals surface area contributed by atoms with Crippen LogP contribution in [0.4, 0.5) is 0 Å². The summed E-state index contributed by atoms with van der Waals surface area (Å²) in [5.41, 5.74) is 0. The predicted octanol–water partition coefficient (Wildman–Crippen LogP) is 1.05. The molecular formula is C24H47N2NaO4. The molecule has 1 aliphatic rings. The Labute approximate surface area is 213 Å². The molecule has 0 saturated carbocycles. The molecule has 1 atom stereocenters. The van der Waals surface area contributed by atoms with Crippen molar-refractivity contribution < 1.29 is 54.5 Å². The SMILES string of the molecule is CCCCCCCCCCCCCCCCCC1=NCC[N+]1(CCO)CC(=O)[O-].[Na+].[OH-]. The summed E-state index contributed by atoms with van der Waals surface area (Å²) in [6, 6.07) is 0. The van der Waals surface area contributed by atoms with E-state index >= 15 is 0 Å². The fraction of sp³-hybridized carbons (Fsp3) is 0.917. The van der Waals surface area contributed by atoms with E-state index in [0.29, 0.717) is 24.1 Å². The zero-order valence-electron chi connectivity index (χ0n) is 20.5. The molecule has 2 N–H and O–H groups in total. The van der Waals surface area contributed by atoms with Crippen molar-refractivity contribution in [2.75, 3.05) is 32.8 Å². The maximum absolute atomic E-state index is 11.1. The van der Waals surface area contributed by atoms with Crippen LogP contribution >= 0.6 is 0 Å². The number of carboxylic acids is 1. The molecule has 1 unspecified atom stereocenters. The van der Waals surface area contributed by atoms with E-state index < -0.39 is 5.97 Å². The largest absolute Gasteiger partial charge is 1.00 e.